The molecule has 0 fully saturated rings. The van der Waals surface area contributed by atoms with Gasteiger partial charge in [-0.2, -0.15) is 0 Å². The highest BCUT2D eigenvalue weighted by Crippen LogP contribution is 2.40. The first kappa shape index (κ1) is 13.0. The Morgan fingerprint density at radius 2 is 1.55 bits per heavy atom. The lowest BCUT2D eigenvalue weighted by Crippen LogP contribution is -2.24. The predicted octanol–water partition coefficient (Wildman–Crippen LogP) is 2.93. The summed E-state index contributed by atoms with van der Waals surface area (Å²) in [4.78, 5) is 25.1. The molecule has 0 radical (unpaired) electrons. The molecule has 0 amide bonds. The fraction of sp³-hybridized carbons (Fsp3) is 0. The highest BCUT2D eigenvalue weighted by molar-refractivity contribution is 6.43. The molecule has 100 valence electrons. The van der Waals surface area contributed by atoms with Crippen LogP contribution in [0.25, 0.3) is 0 Å². The first-order valence-electron chi connectivity index (χ1n) is 5.68. The van der Waals surface area contributed by atoms with Gasteiger partial charge in [-0.15, -0.1) is 0 Å². The minimum absolute atomic E-state index is 0.0469. The van der Waals surface area contributed by atoms with Crippen molar-refractivity contribution in [3.05, 3.63) is 56.6 Å². The topological polar surface area (TPSA) is 86.2 Å². The van der Waals surface area contributed by atoms with E-state index in [9.17, 15) is 9.59 Å². The van der Waals surface area contributed by atoms with Crippen LogP contribution in [-0.4, -0.2) is 11.6 Å². The van der Waals surface area contributed by atoms with Gasteiger partial charge in [0.15, 0.2) is 11.6 Å². The number of halogens is 2. The number of carbonyl (C=O) groups excluding carboxylic acids is 2. The third kappa shape index (κ3) is 1.55. The number of nitrogen functional groups attached to an aromatic ring is 2. The summed E-state index contributed by atoms with van der Waals surface area (Å²) in [7, 11) is 0. The van der Waals surface area contributed by atoms with Crippen molar-refractivity contribution in [3.63, 3.8) is 0 Å². The van der Waals surface area contributed by atoms with Crippen LogP contribution < -0.4 is 11.5 Å². The Labute approximate surface area is 124 Å². The fourth-order valence-electron chi connectivity index (χ4n) is 2.36. The second-order valence-corrected chi connectivity index (χ2v) is 5.25. The molecule has 4 N–H and O–H groups in total. The smallest absolute Gasteiger partial charge is 0.198 e. The lowest BCUT2D eigenvalue weighted by molar-refractivity contribution is 0.0980. The normalized spacial score (nSPS) is 13.1. The van der Waals surface area contributed by atoms with Gasteiger partial charge in [-0.1, -0.05) is 35.3 Å². The number of ketones is 2. The van der Waals surface area contributed by atoms with Gasteiger partial charge in [-0.3, -0.25) is 9.59 Å². The highest BCUT2D eigenvalue weighted by atomic mass is 35.5. The minimum Gasteiger partial charge on any atom is -0.398 e. The Bertz CT molecular complexity index is 800. The molecule has 0 spiro atoms. The third-order valence-electron chi connectivity index (χ3n) is 3.29. The average molecular weight is 307 g/mol. The maximum Gasteiger partial charge on any atom is 0.198 e. The average Bonchev–Trinajstić information content (AvgIpc) is 2.40. The van der Waals surface area contributed by atoms with Crippen LogP contribution >= 0.6 is 23.2 Å². The number of benzene rings is 2. The molecule has 0 atom stereocenters. The maximum atomic E-state index is 12.5. The van der Waals surface area contributed by atoms with Crippen molar-refractivity contribution in [1.82, 2.24) is 0 Å². The Morgan fingerprint density at radius 1 is 0.850 bits per heavy atom. The SMILES string of the molecule is Nc1cccc2c1C(=O)c1c(Cl)cc(Cl)c(N)c1C2=O. The molecule has 0 saturated heterocycles. The fourth-order valence-corrected chi connectivity index (χ4v) is 2.91. The molecule has 0 aliphatic heterocycles. The van der Waals surface area contributed by atoms with Crippen molar-refractivity contribution in [3.8, 4) is 0 Å². The number of fused-ring (bicyclic) bond motifs is 2. The van der Waals surface area contributed by atoms with E-state index >= 15 is 0 Å². The van der Waals surface area contributed by atoms with Crippen LogP contribution in [0.1, 0.15) is 31.8 Å². The van der Waals surface area contributed by atoms with Gasteiger partial charge in [-0.25, -0.2) is 0 Å². The Hall–Kier alpha value is -2.04. The van der Waals surface area contributed by atoms with Crippen LogP contribution in [0.15, 0.2) is 24.3 Å². The van der Waals surface area contributed by atoms with Gasteiger partial charge in [0, 0.05) is 11.3 Å². The summed E-state index contributed by atoms with van der Waals surface area (Å²) in [5.74, 6) is -0.815. The third-order valence-corrected chi connectivity index (χ3v) is 3.90. The molecule has 6 heteroatoms. The van der Waals surface area contributed by atoms with E-state index in [1.165, 1.54) is 12.1 Å². The Morgan fingerprint density at radius 3 is 2.25 bits per heavy atom. The van der Waals surface area contributed by atoms with E-state index in [1.54, 1.807) is 12.1 Å². The molecule has 4 nitrogen and oxygen atoms in total. The van der Waals surface area contributed by atoms with Gasteiger partial charge in [0.25, 0.3) is 0 Å². The van der Waals surface area contributed by atoms with E-state index in [0.717, 1.165) is 0 Å². The predicted molar refractivity (Wildman–Crippen MR) is 78.6 cm³/mol. The van der Waals surface area contributed by atoms with E-state index in [1.807, 2.05) is 0 Å². The van der Waals surface area contributed by atoms with Crippen LogP contribution in [0.2, 0.25) is 10.0 Å². The summed E-state index contributed by atoms with van der Waals surface area (Å²) < 4.78 is 0. The number of rotatable bonds is 0. The summed E-state index contributed by atoms with van der Waals surface area (Å²) in [6.07, 6.45) is 0. The second kappa shape index (κ2) is 4.23. The summed E-state index contributed by atoms with van der Waals surface area (Å²) in [5, 5.41) is 0.230. The van der Waals surface area contributed by atoms with Crippen molar-refractivity contribution in [2.45, 2.75) is 0 Å². The molecule has 20 heavy (non-hydrogen) atoms. The van der Waals surface area contributed by atoms with Crippen molar-refractivity contribution in [1.29, 1.82) is 0 Å². The summed E-state index contributed by atoms with van der Waals surface area (Å²) in [6, 6.07) is 6.05. The summed E-state index contributed by atoms with van der Waals surface area (Å²) >= 11 is 12.0. The molecular formula is C14H8Cl2N2O2. The Balaban J connectivity index is 2.44. The number of carbonyl (C=O) groups is 2. The first-order chi connectivity index (χ1) is 9.43. The van der Waals surface area contributed by atoms with Crippen LogP contribution in [0, 0.1) is 0 Å². The second-order valence-electron chi connectivity index (χ2n) is 4.43. The molecular weight excluding hydrogens is 299 g/mol. The lowest BCUT2D eigenvalue weighted by Gasteiger charge is -2.21. The summed E-state index contributed by atoms with van der Waals surface area (Å²) in [5.41, 5.74) is 12.4. The van der Waals surface area contributed by atoms with Gasteiger partial charge < -0.3 is 11.5 Å². The monoisotopic (exact) mass is 306 g/mol. The van der Waals surface area contributed by atoms with Gasteiger partial charge in [0.2, 0.25) is 0 Å². The number of hydrogen-bond donors (Lipinski definition) is 2. The standard InChI is InChI=1S/C14H8Cl2N2O2/c15-6-4-7(16)12(18)11-10(6)14(20)9-5(13(11)19)2-1-3-8(9)17/h1-4H,17-18H2. The quantitative estimate of drug-likeness (QED) is 0.625. The van der Waals surface area contributed by atoms with Gasteiger partial charge in [0.1, 0.15) is 0 Å². The van der Waals surface area contributed by atoms with Gasteiger partial charge in [0.05, 0.1) is 32.4 Å². The van der Waals surface area contributed by atoms with Crippen LogP contribution in [0.5, 0.6) is 0 Å². The van der Waals surface area contributed by atoms with Gasteiger partial charge >= 0.3 is 0 Å². The van der Waals surface area contributed by atoms with E-state index in [2.05, 4.69) is 0 Å². The van der Waals surface area contributed by atoms with Crippen molar-refractivity contribution < 1.29 is 9.59 Å². The zero-order valence-corrected chi connectivity index (χ0v) is 11.5. The van der Waals surface area contributed by atoms with Crippen molar-refractivity contribution in [2.75, 3.05) is 11.5 Å². The molecule has 0 heterocycles. The van der Waals surface area contributed by atoms with Crippen LogP contribution in [0.4, 0.5) is 11.4 Å². The molecule has 0 aromatic heterocycles. The maximum absolute atomic E-state index is 12.5. The van der Waals surface area contributed by atoms with E-state index in [4.69, 9.17) is 34.7 Å². The van der Waals surface area contributed by atoms with Gasteiger partial charge in [-0.05, 0) is 12.1 Å². The molecule has 2 aromatic carbocycles. The minimum atomic E-state index is -0.416. The molecule has 1 aliphatic rings. The van der Waals surface area contributed by atoms with E-state index in [0.29, 0.717) is 0 Å². The van der Waals surface area contributed by atoms with E-state index < -0.39 is 11.6 Å². The molecule has 0 unspecified atom stereocenters. The molecule has 1 aliphatic carbocycles. The van der Waals surface area contributed by atoms with E-state index in [-0.39, 0.29) is 43.7 Å². The zero-order valence-electron chi connectivity index (χ0n) is 10.0. The number of nitrogens with two attached hydrogens (primary N) is 2. The number of hydrogen-bond acceptors (Lipinski definition) is 4. The first-order valence-corrected chi connectivity index (χ1v) is 6.44. The molecule has 2 aromatic rings. The lowest BCUT2D eigenvalue weighted by atomic mass is 9.82. The van der Waals surface area contributed by atoms with Crippen LogP contribution in [-0.2, 0) is 0 Å². The molecule has 0 bridgehead atoms. The number of anilines is 2. The van der Waals surface area contributed by atoms with Crippen LogP contribution in [0.3, 0.4) is 0 Å². The largest absolute Gasteiger partial charge is 0.398 e. The highest BCUT2D eigenvalue weighted by Gasteiger charge is 2.35. The zero-order chi connectivity index (χ0) is 14.6. The van der Waals surface area contributed by atoms with Crippen molar-refractivity contribution in [2.24, 2.45) is 0 Å². The molecule has 0 saturated carbocycles. The Kier molecular flexibility index (Phi) is 2.74. The summed E-state index contributed by atoms with van der Waals surface area (Å²) in [6.45, 7) is 0. The molecule has 3 rings (SSSR count). The van der Waals surface area contributed by atoms with Crippen molar-refractivity contribution >= 4 is 46.1 Å².